The summed E-state index contributed by atoms with van der Waals surface area (Å²) in [5.74, 6) is 0.644. The Hall–Kier alpha value is -1.37. The maximum Gasteiger partial charge on any atom is 0.115 e. The number of benzene rings is 2. The molecule has 0 heterocycles. The van der Waals surface area contributed by atoms with Crippen molar-refractivity contribution in [3.8, 4) is 11.5 Å². The minimum absolute atomic E-state index is 0. The van der Waals surface area contributed by atoms with Gasteiger partial charge in [-0.1, -0.05) is 36.4 Å². The third-order valence-electron chi connectivity index (χ3n) is 1.51. The maximum absolute atomic E-state index is 8.63. The first-order valence-electron chi connectivity index (χ1n) is 7.09. The molecular weight excluding hydrogens is 342 g/mol. The minimum atomic E-state index is -0.167. The maximum atomic E-state index is 8.63. The molecule has 0 atom stereocenters. The van der Waals surface area contributed by atoms with Gasteiger partial charge >= 0.3 is 0 Å². The van der Waals surface area contributed by atoms with Crippen LogP contribution < -0.4 is 6.15 Å². The van der Waals surface area contributed by atoms with Crippen LogP contribution in [0.25, 0.3) is 0 Å². The Balaban J connectivity index is -0.000000112. The predicted molar refractivity (Wildman–Crippen MR) is 95.9 cm³/mol. The summed E-state index contributed by atoms with van der Waals surface area (Å²) in [7, 11) is 0. The van der Waals surface area contributed by atoms with Gasteiger partial charge in [-0.2, -0.15) is 0 Å². The molecule has 0 fully saturated rings. The number of aliphatic hydroxyl groups is 2. The fraction of sp³-hybridized carbons (Fsp3) is 0.333. The average molecular weight is 373 g/mol. The molecule has 0 radical (unpaired) electrons. The van der Waals surface area contributed by atoms with Crippen LogP contribution in [0.15, 0.2) is 60.7 Å². The first-order valence-corrected chi connectivity index (χ1v) is 7.09. The van der Waals surface area contributed by atoms with Crippen LogP contribution in [0.4, 0.5) is 0 Å². The number of aliphatic hydroxyl groups excluding tert-OH is 2. The van der Waals surface area contributed by atoms with E-state index in [9.17, 15) is 0 Å². The van der Waals surface area contributed by atoms with E-state index in [0.717, 1.165) is 0 Å². The van der Waals surface area contributed by atoms with Crippen molar-refractivity contribution in [1.29, 1.82) is 0 Å². The van der Waals surface area contributed by atoms with Crippen LogP contribution in [0.3, 0.4) is 0 Å². The van der Waals surface area contributed by atoms with Crippen LogP contribution in [0, 0.1) is 0 Å². The zero-order valence-corrected chi connectivity index (χ0v) is 16.5. The molecule has 0 aliphatic heterocycles. The SMILES string of the molecule is CC(C)O.CC(C)O.N.Oc1ccccc1.Oc1ccccc1.[Ti]. The number of hydrogen-bond donors (Lipinski definition) is 5. The molecular formula is C18H31NO4Ti. The second kappa shape index (κ2) is 21.6. The first-order chi connectivity index (χ1) is 10.3. The summed E-state index contributed by atoms with van der Waals surface area (Å²) in [5.41, 5.74) is 0. The van der Waals surface area contributed by atoms with Crippen LogP contribution in [-0.4, -0.2) is 32.6 Å². The van der Waals surface area contributed by atoms with Crippen molar-refractivity contribution in [2.75, 3.05) is 0 Å². The number of phenolic OH excluding ortho intramolecular Hbond substituents is 2. The van der Waals surface area contributed by atoms with E-state index in [4.69, 9.17) is 20.4 Å². The van der Waals surface area contributed by atoms with E-state index in [2.05, 4.69) is 0 Å². The molecule has 0 aromatic heterocycles. The Morgan fingerprint density at radius 1 is 0.583 bits per heavy atom. The second-order valence-corrected chi connectivity index (χ2v) is 4.86. The van der Waals surface area contributed by atoms with E-state index in [1.54, 1.807) is 76.2 Å². The molecule has 0 saturated carbocycles. The molecule has 6 heteroatoms. The number of para-hydroxylation sites is 2. The van der Waals surface area contributed by atoms with Gasteiger partial charge < -0.3 is 26.6 Å². The smallest absolute Gasteiger partial charge is 0.115 e. The Labute approximate surface area is 160 Å². The second-order valence-electron chi connectivity index (χ2n) is 4.86. The van der Waals surface area contributed by atoms with Crippen molar-refractivity contribution in [2.45, 2.75) is 39.9 Å². The average Bonchev–Trinajstić information content (AvgIpc) is 2.40. The summed E-state index contributed by atoms with van der Waals surface area (Å²) in [6.45, 7) is 6.89. The summed E-state index contributed by atoms with van der Waals surface area (Å²) < 4.78 is 0. The third-order valence-corrected chi connectivity index (χ3v) is 1.51. The standard InChI is InChI=1S/2C6H6O.2C3H8O.H3N.Ti/c2*7-6-4-2-1-3-5-6;2*1-3(2)4;;/h2*1-5,7H;2*3-4H,1-2H3;1H3;. The fourth-order valence-electron chi connectivity index (χ4n) is 0.856. The molecule has 7 N–H and O–H groups in total. The Morgan fingerprint density at radius 3 is 0.833 bits per heavy atom. The van der Waals surface area contributed by atoms with Crippen LogP contribution >= 0.6 is 0 Å². The zero-order chi connectivity index (χ0) is 17.4. The van der Waals surface area contributed by atoms with Gasteiger partial charge in [-0.25, -0.2) is 0 Å². The van der Waals surface area contributed by atoms with Gasteiger partial charge in [0.2, 0.25) is 0 Å². The number of aromatic hydroxyl groups is 2. The van der Waals surface area contributed by atoms with Gasteiger partial charge in [0.1, 0.15) is 11.5 Å². The van der Waals surface area contributed by atoms with Gasteiger partial charge in [-0.05, 0) is 52.0 Å². The van der Waals surface area contributed by atoms with Crippen molar-refractivity contribution < 1.29 is 42.1 Å². The topological polar surface area (TPSA) is 116 Å². The van der Waals surface area contributed by atoms with Gasteiger partial charge in [0.15, 0.2) is 0 Å². The van der Waals surface area contributed by atoms with Crippen molar-refractivity contribution in [2.24, 2.45) is 0 Å². The van der Waals surface area contributed by atoms with E-state index in [1.807, 2.05) is 12.1 Å². The van der Waals surface area contributed by atoms with Crippen LogP contribution in [-0.2, 0) is 21.7 Å². The molecule has 5 nitrogen and oxygen atoms in total. The van der Waals surface area contributed by atoms with E-state index < -0.39 is 0 Å². The van der Waals surface area contributed by atoms with Crippen LogP contribution in [0.5, 0.6) is 11.5 Å². The number of rotatable bonds is 0. The van der Waals surface area contributed by atoms with Gasteiger partial charge in [0, 0.05) is 33.9 Å². The molecule has 0 aliphatic rings. The Bertz CT molecular complexity index is 390. The summed E-state index contributed by atoms with van der Waals surface area (Å²) in [4.78, 5) is 0. The zero-order valence-electron chi connectivity index (χ0n) is 14.9. The summed E-state index contributed by atoms with van der Waals surface area (Å²) in [5, 5.41) is 33.4. The predicted octanol–water partition coefficient (Wildman–Crippen LogP) is 3.72. The van der Waals surface area contributed by atoms with Crippen LogP contribution in [0.2, 0.25) is 0 Å². The number of phenols is 2. The molecule has 0 bridgehead atoms. The van der Waals surface area contributed by atoms with Crippen molar-refractivity contribution in [3.05, 3.63) is 60.7 Å². The Kier molecular flexibility index (Phi) is 27.5. The Morgan fingerprint density at radius 2 is 0.750 bits per heavy atom. The van der Waals surface area contributed by atoms with E-state index in [-0.39, 0.29) is 40.1 Å². The summed E-state index contributed by atoms with van der Waals surface area (Å²) in [6, 6.07) is 17.4. The van der Waals surface area contributed by atoms with Crippen LogP contribution in [0.1, 0.15) is 27.7 Å². The van der Waals surface area contributed by atoms with E-state index in [0.29, 0.717) is 11.5 Å². The quantitative estimate of drug-likeness (QED) is 0.452. The number of hydrogen-bond acceptors (Lipinski definition) is 5. The normalized spacial score (nSPS) is 8.00. The molecule has 2 rings (SSSR count). The van der Waals surface area contributed by atoms with Crippen molar-refractivity contribution in [3.63, 3.8) is 0 Å². The van der Waals surface area contributed by atoms with Gasteiger partial charge in [0.25, 0.3) is 0 Å². The van der Waals surface area contributed by atoms with E-state index >= 15 is 0 Å². The molecule has 2 aromatic carbocycles. The van der Waals surface area contributed by atoms with Crippen molar-refractivity contribution >= 4 is 0 Å². The molecule has 2 aromatic rings. The summed E-state index contributed by atoms with van der Waals surface area (Å²) >= 11 is 0. The third kappa shape index (κ3) is 37.1. The van der Waals surface area contributed by atoms with Gasteiger partial charge in [0.05, 0.1) is 0 Å². The molecule has 0 spiro atoms. The molecule has 0 saturated heterocycles. The molecule has 0 aliphatic carbocycles. The molecule has 0 unspecified atom stereocenters. The molecule has 136 valence electrons. The van der Waals surface area contributed by atoms with Gasteiger partial charge in [-0.15, -0.1) is 0 Å². The molecule has 24 heavy (non-hydrogen) atoms. The van der Waals surface area contributed by atoms with E-state index in [1.165, 1.54) is 0 Å². The monoisotopic (exact) mass is 373 g/mol. The first kappa shape index (κ1) is 30.5. The molecule has 0 amide bonds. The largest absolute Gasteiger partial charge is 0.508 e. The van der Waals surface area contributed by atoms with Gasteiger partial charge in [-0.3, -0.25) is 0 Å². The summed E-state index contributed by atoms with van der Waals surface area (Å²) in [6.07, 6.45) is -0.333. The fourth-order valence-corrected chi connectivity index (χ4v) is 0.856. The van der Waals surface area contributed by atoms with Crippen molar-refractivity contribution in [1.82, 2.24) is 6.15 Å². The minimum Gasteiger partial charge on any atom is -0.508 e.